The van der Waals surface area contributed by atoms with Crippen molar-refractivity contribution in [1.82, 2.24) is 19.6 Å². The summed E-state index contributed by atoms with van der Waals surface area (Å²) in [7, 11) is 0. The van der Waals surface area contributed by atoms with Crippen LogP contribution in [0.4, 0.5) is 0 Å². The molecule has 2 heterocycles. The van der Waals surface area contributed by atoms with Gasteiger partial charge in [-0.15, -0.1) is 5.10 Å². The van der Waals surface area contributed by atoms with Crippen molar-refractivity contribution in [3.05, 3.63) is 88.2 Å². The Kier molecular flexibility index (Phi) is 4.87. The Morgan fingerprint density at radius 2 is 1.93 bits per heavy atom. The van der Waals surface area contributed by atoms with Crippen molar-refractivity contribution in [2.75, 3.05) is 0 Å². The van der Waals surface area contributed by atoms with Crippen molar-refractivity contribution < 1.29 is 4.79 Å². The van der Waals surface area contributed by atoms with E-state index in [1.54, 1.807) is 22.5 Å². The van der Waals surface area contributed by atoms with Gasteiger partial charge in [0.1, 0.15) is 0 Å². The minimum absolute atomic E-state index is 0.127. The molecule has 2 aromatic carbocycles. The molecule has 150 valence electrons. The zero-order valence-corrected chi connectivity index (χ0v) is 17.8. The average Bonchev–Trinajstić information content (AvgIpc) is 3.13. The normalized spacial score (nSPS) is 16.1. The van der Waals surface area contributed by atoms with Gasteiger partial charge in [0, 0.05) is 18.4 Å². The van der Waals surface area contributed by atoms with Crippen LogP contribution in [0, 0.1) is 13.8 Å². The Morgan fingerprint density at radius 3 is 2.77 bits per heavy atom. The van der Waals surface area contributed by atoms with E-state index in [0.717, 1.165) is 17.9 Å². The van der Waals surface area contributed by atoms with E-state index in [2.05, 4.69) is 60.3 Å². The molecule has 0 N–H and O–H groups in total. The fourth-order valence-electron chi connectivity index (χ4n) is 4.00. The van der Waals surface area contributed by atoms with Crippen molar-refractivity contribution in [3.63, 3.8) is 0 Å². The summed E-state index contributed by atoms with van der Waals surface area (Å²) in [5.74, 6) is 1.65. The van der Waals surface area contributed by atoms with Gasteiger partial charge in [0.2, 0.25) is 5.16 Å². The number of Topliss-reactive ketones (excluding diaryl/α,β-unsaturated/α-hetero) is 1. The maximum atomic E-state index is 12.8. The molecule has 0 aliphatic heterocycles. The van der Waals surface area contributed by atoms with Crippen molar-refractivity contribution in [3.8, 4) is 0 Å². The third kappa shape index (κ3) is 3.63. The molecular formula is C24H22N4OS. The summed E-state index contributed by atoms with van der Waals surface area (Å²) in [5.41, 5.74) is 6.44. The molecule has 0 saturated heterocycles. The number of carbonyl (C=O) groups excluding carboxylic acids is 1. The molecule has 0 radical (unpaired) electrons. The maximum Gasteiger partial charge on any atom is 0.253 e. The van der Waals surface area contributed by atoms with Gasteiger partial charge in [-0.25, -0.2) is 9.50 Å². The Hall–Kier alpha value is -2.99. The van der Waals surface area contributed by atoms with E-state index in [9.17, 15) is 4.79 Å². The lowest BCUT2D eigenvalue weighted by molar-refractivity contribution is 0.0962. The molecule has 1 atom stereocenters. The van der Waals surface area contributed by atoms with E-state index in [4.69, 9.17) is 4.98 Å². The molecule has 1 aliphatic rings. The number of hydrogen-bond acceptors (Lipinski definition) is 5. The van der Waals surface area contributed by atoms with Crippen LogP contribution < -0.4 is 0 Å². The molecule has 30 heavy (non-hydrogen) atoms. The van der Waals surface area contributed by atoms with Crippen LogP contribution in [0.2, 0.25) is 0 Å². The highest BCUT2D eigenvalue weighted by atomic mass is 32.2. The van der Waals surface area contributed by atoms with Crippen LogP contribution in [-0.4, -0.2) is 25.4 Å². The molecule has 1 aliphatic carbocycles. The number of ketones is 1. The summed E-state index contributed by atoms with van der Waals surface area (Å²) in [6, 6.07) is 16.7. The van der Waals surface area contributed by atoms with Gasteiger partial charge in [0.05, 0.1) is 11.3 Å². The van der Waals surface area contributed by atoms with Crippen LogP contribution in [0.1, 0.15) is 50.6 Å². The molecule has 4 aromatic rings. The Balaban J connectivity index is 1.42. The van der Waals surface area contributed by atoms with Crippen LogP contribution in [0.15, 0.2) is 59.9 Å². The SMILES string of the molecule is Cc1cccc([C@H]2CC(=O)c3cn4nc(SCc5ccccc5C)nc4nc3C2)c1. The topological polar surface area (TPSA) is 60.2 Å². The van der Waals surface area contributed by atoms with Gasteiger partial charge in [-0.05, 0) is 42.9 Å². The second-order valence-electron chi connectivity index (χ2n) is 7.90. The fourth-order valence-corrected chi connectivity index (χ4v) is 4.90. The summed E-state index contributed by atoms with van der Waals surface area (Å²) >= 11 is 1.59. The van der Waals surface area contributed by atoms with Gasteiger partial charge in [-0.3, -0.25) is 4.79 Å². The Labute approximate surface area is 179 Å². The summed E-state index contributed by atoms with van der Waals surface area (Å²) < 4.78 is 1.64. The molecule has 0 fully saturated rings. The van der Waals surface area contributed by atoms with Crippen LogP contribution in [0.25, 0.3) is 5.78 Å². The minimum atomic E-state index is 0.127. The van der Waals surface area contributed by atoms with Gasteiger partial charge in [-0.1, -0.05) is 65.9 Å². The quantitative estimate of drug-likeness (QED) is 0.442. The number of carbonyl (C=O) groups is 1. The zero-order chi connectivity index (χ0) is 20.7. The largest absolute Gasteiger partial charge is 0.294 e. The number of benzene rings is 2. The first-order valence-corrected chi connectivity index (χ1v) is 11.1. The van der Waals surface area contributed by atoms with Crippen LogP contribution in [-0.2, 0) is 12.2 Å². The lowest BCUT2D eigenvalue weighted by Crippen LogP contribution is -2.21. The molecule has 2 aromatic heterocycles. The van der Waals surface area contributed by atoms with Crippen LogP contribution in [0.5, 0.6) is 0 Å². The van der Waals surface area contributed by atoms with Crippen molar-refractivity contribution in [2.24, 2.45) is 0 Å². The minimum Gasteiger partial charge on any atom is -0.294 e. The number of aromatic nitrogens is 4. The highest BCUT2D eigenvalue weighted by Gasteiger charge is 2.28. The summed E-state index contributed by atoms with van der Waals surface area (Å²) in [4.78, 5) is 22.2. The average molecular weight is 415 g/mol. The van der Waals surface area contributed by atoms with Gasteiger partial charge in [0.25, 0.3) is 5.78 Å². The monoisotopic (exact) mass is 414 g/mol. The molecule has 0 amide bonds. The molecule has 5 nitrogen and oxygen atoms in total. The van der Waals surface area contributed by atoms with Crippen LogP contribution >= 0.6 is 11.8 Å². The van der Waals surface area contributed by atoms with Gasteiger partial charge in [-0.2, -0.15) is 4.98 Å². The first-order chi connectivity index (χ1) is 14.6. The smallest absolute Gasteiger partial charge is 0.253 e. The number of aryl methyl sites for hydroxylation is 2. The third-order valence-corrected chi connectivity index (χ3v) is 6.58. The maximum absolute atomic E-state index is 12.8. The van der Waals surface area contributed by atoms with E-state index in [0.29, 0.717) is 22.9 Å². The first kappa shape index (κ1) is 19.0. The summed E-state index contributed by atoms with van der Waals surface area (Å²) in [6.07, 6.45) is 3.06. The van der Waals surface area contributed by atoms with Gasteiger partial charge in [0.15, 0.2) is 5.78 Å². The van der Waals surface area contributed by atoms with Crippen molar-refractivity contribution in [1.29, 1.82) is 0 Å². The molecule has 0 saturated carbocycles. The molecule has 0 spiro atoms. The van der Waals surface area contributed by atoms with E-state index in [1.807, 2.05) is 12.1 Å². The van der Waals surface area contributed by atoms with Gasteiger partial charge >= 0.3 is 0 Å². The molecule has 0 unspecified atom stereocenters. The predicted molar refractivity (Wildman–Crippen MR) is 118 cm³/mol. The lowest BCUT2D eigenvalue weighted by Gasteiger charge is -2.23. The molecule has 0 bridgehead atoms. The van der Waals surface area contributed by atoms with E-state index >= 15 is 0 Å². The second-order valence-corrected chi connectivity index (χ2v) is 8.84. The fraction of sp³-hybridized carbons (Fsp3) is 0.250. The number of thioether (sulfide) groups is 1. The molecular weight excluding hydrogens is 392 g/mol. The van der Waals surface area contributed by atoms with Crippen molar-refractivity contribution in [2.45, 2.75) is 43.5 Å². The van der Waals surface area contributed by atoms with Gasteiger partial charge < -0.3 is 0 Å². The number of rotatable bonds is 4. The van der Waals surface area contributed by atoms with E-state index in [1.165, 1.54) is 22.3 Å². The molecule has 6 heteroatoms. The Bertz CT molecular complexity index is 1260. The zero-order valence-electron chi connectivity index (χ0n) is 17.0. The van der Waals surface area contributed by atoms with Crippen LogP contribution in [0.3, 0.4) is 0 Å². The highest BCUT2D eigenvalue weighted by Crippen LogP contribution is 2.32. The summed E-state index contributed by atoms with van der Waals surface area (Å²) in [6.45, 7) is 4.19. The predicted octanol–water partition coefficient (Wildman–Crippen LogP) is 4.95. The number of nitrogens with zero attached hydrogens (tertiary/aromatic N) is 4. The lowest BCUT2D eigenvalue weighted by atomic mass is 9.82. The van der Waals surface area contributed by atoms with E-state index < -0.39 is 0 Å². The number of hydrogen-bond donors (Lipinski definition) is 0. The van der Waals surface area contributed by atoms with Crippen molar-refractivity contribution >= 4 is 23.3 Å². The number of fused-ring (bicyclic) bond motifs is 2. The summed E-state index contributed by atoms with van der Waals surface area (Å²) in [5, 5.41) is 5.22. The van der Waals surface area contributed by atoms with E-state index in [-0.39, 0.29) is 11.7 Å². The first-order valence-electron chi connectivity index (χ1n) is 10.1. The molecule has 5 rings (SSSR count). The Morgan fingerprint density at radius 1 is 1.07 bits per heavy atom. The highest BCUT2D eigenvalue weighted by molar-refractivity contribution is 7.98. The standard InChI is InChI=1S/C24H22N4OS/c1-15-6-5-9-17(10-15)19-11-21-20(22(29)12-19)13-28-23(25-21)26-24(27-28)30-14-18-8-4-3-7-16(18)2/h3-10,13,19H,11-12,14H2,1-2H3/t19-/m1/s1. The second kappa shape index (κ2) is 7.69. The third-order valence-electron chi connectivity index (χ3n) is 5.69.